The molecule has 1 heterocycles. The van der Waals surface area contributed by atoms with E-state index in [4.69, 9.17) is 4.74 Å². The van der Waals surface area contributed by atoms with Gasteiger partial charge in [-0.25, -0.2) is 0 Å². The smallest absolute Gasteiger partial charge is 0.272 e. The van der Waals surface area contributed by atoms with Gasteiger partial charge in [-0.2, -0.15) is 0 Å². The van der Waals surface area contributed by atoms with Crippen molar-refractivity contribution < 1.29 is 9.53 Å². The van der Waals surface area contributed by atoms with E-state index >= 15 is 0 Å². The number of ether oxygens (including phenoxy) is 1. The fourth-order valence-electron chi connectivity index (χ4n) is 2.46. The molecule has 0 bridgehead atoms. The van der Waals surface area contributed by atoms with Crippen molar-refractivity contribution >= 4 is 22.4 Å². The van der Waals surface area contributed by atoms with Crippen LogP contribution in [0.4, 0.5) is 5.69 Å². The first-order chi connectivity index (χ1) is 11.6. The number of hydrogen-bond acceptors (Lipinski definition) is 4. The predicted molar refractivity (Wildman–Crippen MR) is 90.5 cm³/mol. The molecule has 0 atom stereocenters. The van der Waals surface area contributed by atoms with Crippen LogP contribution in [-0.4, -0.2) is 23.2 Å². The van der Waals surface area contributed by atoms with Gasteiger partial charge < -0.3 is 10.1 Å². The molecule has 1 aromatic heterocycles. The number of H-pyrrole nitrogens is 2. The van der Waals surface area contributed by atoms with Gasteiger partial charge in [0.2, 0.25) is 5.91 Å². The summed E-state index contributed by atoms with van der Waals surface area (Å²) in [6.07, 6.45) is 0.140. The number of aromatic amines is 2. The van der Waals surface area contributed by atoms with Crippen molar-refractivity contribution in [3.8, 4) is 5.75 Å². The highest BCUT2D eigenvalue weighted by molar-refractivity contribution is 6.01. The lowest BCUT2D eigenvalue weighted by molar-refractivity contribution is -0.115. The highest BCUT2D eigenvalue weighted by Gasteiger charge is 2.11. The van der Waals surface area contributed by atoms with Crippen molar-refractivity contribution in [3.63, 3.8) is 0 Å². The molecule has 0 aliphatic rings. The molecular formula is C17H15N3O4. The molecule has 0 fully saturated rings. The zero-order valence-electron chi connectivity index (χ0n) is 12.9. The molecule has 0 saturated heterocycles. The maximum absolute atomic E-state index is 12.2. The van der Waals surface area contributed by atoms with E-state index in [0.717, 1.165) is 5.56 Å². The third kappa shape index (κ3) is 3.05. The summed E-state index contributed by atoms with van der Waals surface area (Å²) in [6, 6.07) is 11.8. The van der Waals surface area contributed by atoms with Crippen LogP contribution >= 0.6 is 0 Å². The normalized spacial score (nSPS) is 10.5. The second kappa shape index (κ2) is 6.41. The van der Waals surface area contributed by atoms with E-state index in [-0.39, 0.29) is 23.1 Å². The van der Waals surface area contributed by atoms with Gasteiger partial charge >= 0.3 is 0 Å². The highest BCUT2D eigenvalue weighted by atomic mass is 16.5. The first-order valence-corrected chi connectivity index (χ1v) is 7.25. The molecule has 2 aromatic carbocycles. The average molecular weight is 325 g/mol. The Morgan fingerprint density at radius 3 is 2.46 bits per heavy atom. The molecular weight excluding hydrogens is 310 g/mol. The van der Waals surface area contributed by atoms with E-state index in [9.17, 15) is 14.4 Å². The number of carbonyl (C=O) groups excluding carboxylic acids is 1. The lowest BCUT2D eigenvalue weighted by Gasteiger charge is -2.08. The van der Waals surface area contributed by atoms with Crippen molar-refractivity contribution in [2.75, 3.05) is 12.4 Å². The Kier molecular flexibility index (Phi) is 4.15. The summed E-state index contributed by atoms with van der Waals surface area (Å²) in [5.74, 6) is 0.423. The number of carbonyl (C=O) groups is 1. The van der Waals surface area contributed by atoms with Crippen LogP contribution in [0.1, 0.15) is 5.56 Å². The van der Waals surface area contributed by atoms with Crippen LogP contribution in [0.2, 0.25) is 0 Å². The van der Waals surface area contributed by atoms with Crippen LogP contribution in [0.5, 0.6) is 5.75 Å². The second-order valence-electron chi connectivity index (χ2n) is 5.21. The van der Waals surface area contributed by atoms with Gasteiger partial charge in [-0.15, -0.1) is 0 Å². The second-order valence-corrected chi connectivity index (χ2v) is 5.21. The third-order valence-electron chi connectivity index (χ3n) is 3.62. The molecule has 0 aliphatic heterocycles. The molecule has 0 saturated carbocycles. The Morgan fingerprint density at radius 1 is 1.04 bits per heavy atom. The van der Waals surface area contributed by atoms with Crippen LogP contribution in [0.25, 0.3) is 10.8 Å². The Balaban J connectivity index is 1.86. The van der Waals surface area contributed by atoms with Crippen molar-refractivity contribution in [2.24, 2.45) is 0 Å². The van der Waals surface area contributed by atoms with Gasteiger partial charge in [-0.05, 0) is 29.8 Å². The number of fused-ring (bicyclic) bond motifs is 1. The number of methoxy groups -OCH3 is 1. The van der Waals surface area contributed by atoms with Crippen molar-refractivity contribution in [3.05, 3.63) is 68.7 Å². The molecule has 122 valence electrons. The molecule has 7 nitrogen and oxygen atoms in total. The summed E-state index contributed by atoms with van der Waals surface area (Å²) in [6.45, 7) is 0. The quantitative estimate of drug-likeness (QED) is 0.674. The van der Waals surface area contributed by atoms with Crippen LogP contribution in [0, 0.1) is 0 Å². The summed E-state index contributed by atoms with van der Waals surface area (Å²) in [5.41, 5.74) is 0.222. The number of benzene rings is 2. The number of rotatable bonds is 4. The minimum Gasteiger partial charge on any atom is -0.497 e. The largest absolute Gasteiger partial charge is 0.497 e. The highest BCUT2D eigenvalue weighted by Crippen LogP contribution is 2.17. The Morgan fingerprint density at radius 2 is 1.75 bits per heavy atom. The lowest BCUT2D eigenvalue weighted by Crippen LogP contribution is -2.22. The standard InChI is InChI=1S/C17H15N3O4/c1-24-11-7-5-10(6-8-11)9-14(21)18-13-4-2-3-12-15(13)17(23)20-19-16(12)22/h2-8H,9H2,1H3,(H,18,21)(H,19,22)(H,20,23). The Labute approximate surface area is 136 Å². The first-order valence-electron chi connectivity index (χ1n) is 7.25. The van der Waals surface area contributed by atoms with E-state index in [2.05, 4.69) is 15.5 Å². The van der Waals surface area contributed by atoms with Crippen molar-refractivity contribution in [1.29, 1.82) is 0 Å². The van der Waals surface area contributed by atoms with E-state index in [1.807, 2.05) is 0 Å². The summed E-state index contributed by atoms with van der Waals surface area (Å²) < 4.78 is 5.07. The molecule has 3 N–H and O–H groups in total. The Bertz CT molecular complexity index is 1000. The van der Waals surface area contributed by atoms with Gasteiger partial charge in [0.25, 0.3) is 11.1 Å². The number of anilines is 1. The van der Waals surface area contributed by atoms with E-state index in [1.54, 1.807) is 43.5 Å². The molecule has 24 heavy (non-hydrogen) atoms. The van der Waals surface area contributed by atoms with Gasteiger partial charge in [0.15, 0.2) is 0 Å². The molecule has 0 spiro atoms. The number of aromatic nitrogens is 2. The molecule has 7 heteroatoms. The third-order valence-corrected chi connectivity index (χ3v) is 3.62. The fraction of sp³-hybridized carbons (Fsp3) is 0.118. The maximum Gasteiger partial charge on any atom is 0.272 e. The summed E-state index contributed by atoms with van der Waals surface area (Å²) in [7, 11) is 1.57. The van der Waals surface area contributed by atoms with E-state index in [1.165, 1.54) is 6.07 Å². The number of amides is 1. The van der Waals surface area contributed by atoms with Crippen LogP contribution < -0.4 is 21.2 Å². The molecule has 0 unspecified atom stereocenters. The van der Waals surface area contributed by atoms with E-state index < -0.39 is 11.1 Å². The Hall–Kier alpha value is -3.35. The minimum atomic E-state index is -0.468. The van der Waals surface area contributed by atoms with Crippen molar-refractivity contribution in [2.45, 2.75) is 6.42 Å². The van der Waals surface area contributed by atoms with Gasteiger partial charge in [0.1, 0.15) is 5.75 Å². The monoisotopic (exact) mass is 325 g/mol. The summed E-state index contributed by atoms with van der Waals surface area (Å²) >= 11 is 0. The maximum atomic E-state index is 12.2. The number of nitrogens with one attached hydrogen (secondary N) is 3. The van der Waals surface area contributed by atoms with Crippen LogP contribution in [-0.2, 0) is 11.2 Å². The molecule has 3 rings (SSSR count). The first kappa shape index (κ1) is 15.5. The van der Waals surface area contributed by atoms with Gasteiger partial charge in [-0.1, -0.05) is 18.2 Å². The van der Waals surface area contributed by atoms with Gasteiger partial charge in [0.05, 0.1) is 30.0 Å². The average Bonchev–Trinajstić information content (AvgIpc) is 2.59. The van der Waals surface area contributed by atoms with E-state index in [0.29, 0.717) is 11.4 Å². The van der Waals surface area contributed by atoms with Crippen LogP contribution in [0.15, 0.2) is 52.1 Å². The summed E-state index contributed by atoms with van der Waals surface area (Å²) in [5, 5.41) is 7.58. The topological polar surface area (TPSA) is 104 Å². The van der Waals surface area contributed by atoms with Gasteiger partial charge in [0, 0.05) is 0 Å². The molecule has 0 radical (unpaired) electrons. The fourth-order valence-corrected chi connectivity index (χ4v) is 2.46. The number of hydrogen-bond donors (Lipinski definition) is 3. The summed E-state index contributed by atoms with van der Waals surface area (Å²) in [4.78, 5) is 36.0. The predicted octanol–water partition coefficient (Wildman–Crippen LogP) is 1.41. The van der Waals surface area contributed by atoms with Gasteiger partial charge in [-0.3, -0.25) is 24.6 Å². The lowest BCUT2D eigenvalue weighted by atomic mass is 10.1. The zero-order chi connectivity index (χ0) is 17.1. The molecule has 0 aliphatic carbocycles. The zero-order valence-corrected chi connectivity index (χ0v) is 12.9. The SMILES string of the molecule is COc1ccc(CC(=O)Nc2cccc3c(=O)[nH][nH]c(=O)c23)cc1. The van der Waals surface area contributed by atoms with Crippen molar-refractivity contribution in [1.82, 2.24) is 10.2 Å². The van der Waals surface area contributed by atoms with Crippen LogP contribution in [0.3, 0.4) is 0 Å². The molecule has 3 aromatic rings. The molecule has 1 amide bonds. The minimum absolute atomic E-state index is 0.140.